The Bertz CT molecular complexity index is 1190. The molecule has 6 nitrogen and oxygen atoms in total. The summed E-state index contributed by atoms with van der Waals surface area (Å²) in [7, 11) is 4.96. The van der Waals surface area contributed by atoms with Gasteiger partial charge in [0, 0.05) is 10.9 Å². The molecule has 7 heteroatoms. The third kappa shape index (κ3) is 3.97. The molecule has 0 N–H and O–H groups in total. The molecule has 154 valence electrons. The number of hydrogen-bond acceptors (Lipinski definition) is 6. The summed E-state index contributed by atoms with van der Waals surface area (Å²) in [4.78, 5) is 5.69. The normalized spacial score (nSPS) is 11.5. The molecule has 0 amide bonds. The van der Waals surface area contributed by atoms with E-state index in [-0.39, 0.29) is 0 Å². The maximum atomic E-state index is 5.62. The van der Waals surface area contributed by atoms with Crippen molar-refractivity contribution >= 4 is 17.0 Å². The van der Waals surface area contributed by atoms with Crippen molar-refractivity contribution in [2.75, 3.05) is 21.3 Å². The van der Waals surface area contributed by atoms with Crippen LogP contribution in [-0.4, -0.2) is 25.9 Å². The molecule has 0 saturated heterocycles. The zero-order valence-electron chi connectivity index (χ0n) is 17.0. The quantitative estimate of drug-likeness (QED) is 0.415. The van der Waals surface area contributed by atoms with Gasteiger partial charge in [0.1, 0.15) is 28.7 Å². The molecule has 30 heavy (non-hydrogen) atoms. The monoisotopic (exact) mass is 422 g/mol. The number of rotatable bonds is 7. The van der Waals surface area contributed by atoms with Crippen LogP contribution in [-0.2, 0) is 6.54 Å². The van der Waals surface area contributed by atoms with Gasteiger partial charge in [0.05, 0.1) is 39.8 Å². The first-order valence-electron chi connectivity index (χ1n) is 9.34. The predicted octanol–water partition coefficient (Wildman–Crippen LogP) is 5.12. The number of thiazole rings is 1. The van der Waals surface area contributed by atoms with Gasteiger partial charge in [0.15, 0.2) is 4.80 Å². The van der Waals surface area contributed by atoms with Crippen LogP contribution in [0.25, 0.3) is 11.3 Å². The number of para-hydroxylation sites is 2. The Balaban J connectivity index is 1.92. The van der Waals surface area contributed by atoms with Crippen LogP contribution in [0, 0.1) is 0 Å². The van der Waals surface area contributed by atoms with Crippen molar-refractivity contribution in [3.8, 4) is 28.5 Å². The number of nitrogens with zero attached hydrogens (tertiary/aromatic N) is 2. The summed E-state index contributed by atoms with van der Waals surface area (Å²) in [6.07, 6.45) is 1.67. The molecule has 0 atom stereocenters. The fourth-order valence-electron chi connectivity index (χ4n) is 3.18. The maximum Gasteiger partial charge on any atom is 0.190 e. The van der Waals surface area contributed by atoms with E-state index in [9.17, 15) is 0 Å². The molecule has 0 fully saturated rings. The van der Waals surface area contributed by atoms with Gasteiger partial charge in [-0.05, 0) is 42.5 Å². The van der Waals surface area contributed by atoms with Crippen LogP contribution in [0.15, 0.2) is 75.7 Å². The number of furan rings is 1. The molecule has 0 radical (unpaired) electrons. The molecule has 2 heterocycles. The number of aromatic nitrogens is 1. The zero-order chi connectivity index (χ0) is 20.9. The molecule has 0 bridgehead atoms. The molecule has 0 unspecified atom stereocenters. The van der Waals surface area contributed by atoms with Crippen molar-refractivity contribution in [1.29, 1.82) is 0 Å². The average Bonchev–Trinajstić information content (AvgIpc) is 3.44. The Morgan fingerprint density at radius 2 is 1.77 bits per heavy atom. The van der Waals surface area contributed by atoms with Gasteiger partial charge >= 0.3 is 0 Å². The lowest BCUT2D eigenvalue weighted by atomic mass is 10.1. The average molecular weight is 423 g/mol. The highest BCUT2D eigenvalue weighted by molar-refractivity contribution is 7.07. The van der Waals surface area contributed by atoms with Gasteiger partial charge in [0.25, 0.3) is 0 Å². The first-order valence-corrected chi connectivity index (χ1v) is 10.2. The molecule has 0 aliphatic heterocycles. The van der Waals surface area contributed by atoms with Crippen LogP contribution in [0.3, 0.4) is 0 Å². The predicted molar refractivity (Wildman–Crippen MR) is 117 cm³/mol. The molecular weight excluding hydrogens is 400 g/mol. The van der Waals surface area contributed by atoms with Gasteiger partial charge in [-0.2, -0.15) is 0 Å². The van der Waals surface area contributed by atoms with E-state index in [1.54, 1.807) is 38.9 Å². The zero-order valence-corrected chi connectivity index (χ0v) is 17.8. The minimum absolute atomic E-state index is 0.528. The molecule has 0 aliphatic carbocycles. The summed E-state index contributed by atoms with van der Waals surface area (Å²) in [6.45, 7) is 0.528. The van der Waals surface area contributed by atoms with Crippen molar-refractivity contribution < 1.29 is 18.6 Å². The van der Waals surface area contributed by atoms with Crippen LogP contribution in [0.2, 0.25) is 0 Å². The number of benzene rings is 2. The highest BCUT2D eigenvalue weighted by atomic mass is 32.1. The summed E-state index contributed by atoms with van der Waals surface area (Å²) in [5.74, 6) is 3.06. The fourth-order valence-corrected chi connectivity index (χ4v) is 4.10. The standard InChI is InChI=1S/C23H22N2O4S/c1-26-16-10-11-21(27-2)18(13-16)20-15-30-23(25(20)14-17-7-6-12-29-17)24-19-8-4-5-9-22(19)28-3/h4-13,15H,14H2,1-3H3. The van der Waals surface area contributed by atoms with Crippen molar-refractivity contribution in [2.45, 2.75) is 6.54 Å². The molecule has 4 rings (SSSR count). The summed E-state index contributed by atoms with van der Waals surface area (Å²) < 4.78 is 24.2. The lowest BCUT2D eigenvalue weighted by Crippen LogP contribution is -2.16. The van der Waals surface area contributed by atoms with E-state index < -0.39 is 0 Å². The number of methoxy groups -OCH3 is 3. The van der Waals surface area contributed by atoms with Crippen LogP contribution >= 0.6 is 11.3 Å². The second kappa shape index (κ2) is 8.92. The maximum absolute atomic E-state index is 5.62. The van der Waals surface area contributed by atoms with Gasteiger partial charge in [-0.3, -0.25) is 0 Å². The molecule has 4 aromatic rings. The van der Waals surface area contributed by atoms with Crippen molar-refractivity contribution in [3.63, 3.8) is 0 Å². The van der Waals surface area contributed by atoms with Crippen molar-refractivity contribution in [3.05, 3.63) is 76.8 Å². The largest absolute Gasteiger partial charge is 0.497 e. The van der Waals surface area contributed by atoms with Crippen LogP contribution in [0.1, 0.15) is 5.76 Å². The molecule has 0 saturated carbocycles. The van der Waals surface area contributed by atoms with E-state index in [4.69, 9.17) is 23.6 Å². The first-order chi connectivity index (χ1) is 14.7. The molecule has 2 aromatic heterocycles. The number of hydrogen-bond donors (Lipinski definition) is 0. The molecular formula is C23H22N2O4S. The van der Waals surface area contributed by atoms with E-state index in [0.29, 0.717) is 6.54 Å². The topological polar surface area (TPSA) is 58.1 Å². The van der Waals surface area contributed by atoms with E-state index in [1.165, 1.54) is 0 Å². The first kappa shape index (κ1) is 19.8. The van der Waals surface area contributed by atoms with Gasteiger partial charge in [0.2, 0.25) is 0 Å². The Kier molecular flexibility index (Phi) is 5.90. The van der Waals surface area contributed by atoms with E-state index in [1.807, 2.05) is 54.6 Å². The van der Waals surface area contributed by atoms with Gasteiger partial charge < -0.3 is 23.2 Å². The number of ether oxygens (including phenoxy) is 3. The van der Waals surface area contributed by atoms with Crippen molar-refractivity contribution in [2.24, 2.45) is 4.99 Å². The highest BCUT2D eigenvalue weighted by Gasteiger charge is 2.15. The fraction of sp³-hybridized carbons (Fsp3) is 0.174. The van der Waals surface area contributed by atoms with Crippen molar-refractivity contribution in [1.82, 2.24) is 4.57 Å². The lowest BCUT2D eigenvalue weighted by Gasteiger charge is -2.13. The summed E-state index contributed by atoms with van der Waals surface area (Å²) >= 11 is 1.54. The molecule has 2 aromatic carbocycles. The SMILES string of the molecule is COc1ccc(OC)c(-c2csc(=Nc3ccccc3OC)n2Cc2ccco2)c1. The molecule has 0 aliphatic rings. The van der Waals surface area contributed by atoms with Gasteiger partial charge in [-0.15, -0.1) is 11.3 Å². The second-order valence-electron chi connectivity index (χ2n) is 6.42. The van der Waals surface area contributed by atoms with E-state index in [2.05, 4.69) is 9.95 Å². The summed E-state index contributed by atoms with van der Waals surface area (Å²) in [5.41, 5.74) is 2.64. The third-order valence-corrected chi connectivity index (χ3v) is 5.54. The summed E-state index contributed by atoms with van der Waals surface area (Å²) in [5, 5.41) is 2.06. The highest BCUT2D eigenvalue weighted by Crippen LogP contribution is 2.34. The Labute approximate surface area is 178 Å². The van der Waals surface area contributed by atoms with Crippen LogP contribution < -0.4 is 19.0 Å². The molecule has 0 spiro atoms. The Morgan fingerprint density at radius 3 is 2.50 bits per heavy atom. The Hall–Kier alpha value is -3.45. The second-order valence-corrected chi connectivity index (χ2v) is 7.26. The van der Waals surface area contributed by atoms with Gasteiger partial charge in [-0.1, -0.05) is 12.1 Å². The van der Waals surface area contributed by atoms with Crippen LogP contribution in [0.4, 0.5) is 5.69 Å². The van der Waals surface area contributed by atoms with E-state index in [0.717, 1.165) is 44.8 Å². The third-order valence-electron chi connectivity index (χ3n) is 4.68. The Morgan fingerprint density at radius 1 is 0.933 bits per heavy atom. The summed E-state index contributed by atoms with van der Waals surface area (Å²) in [6, 6.07) is 17.3. The minimum Gasteiger partial charge on any atom is -0.497 e. The lowest BCUT2D eigenvalue weighted by molar-refractivity contribution is 0.404. The minimum atomic E-state index is 0.528. The smallest absolute Gasteiger partial charge is 0.190 e. The van der Waals surface area contributed by atoms with E-state index >= 15 is 0 Å². The van der Waals surface area contributed by atoms with Gasteiger partial charge in [-0.25, -0.2) is 4.99 Å². The van der Waals surface area contributed by atoms with Crippen LogP contribution in [0.5, 0.6) is 17.2 Å².